The van der Waals surface area contributed by atoms with Gasteiger partial charge in [0.05, 0.1) is 0 Å². The lowest BCUT2D eigenvalue weighted by molar-refractivity contribution is 0.0950. The van der Waals surface area contributed by atoms with Crippen molar-refractivity contribution in [2.75, 3.05) is 7.11 Å². The van der Waals surface area contributed by atoms with E-state index in [0.29, 0.717) is 0 Å². The molecule has 1 heterocycles. The van der Waals surface area contributed by atoms with E-state index in [1.807, 2.05) is 36.4 Å². The van der Waals surface area contributed by atoms with Gasteiger partial charge in [-0.25, -0.2) is 0 Å². The standard InChI is InChI=1S/C11H11BrO2/c1-13-11-10(14-11)7-4-8-2-5-9(12)6-3-8/h2-7,10-11H,1H3/b7-4+/t10?,11-/m1/s1. The summed E-state index contributed by atoms with van der Waals surface area (Å²) in [6.07, 6.45) is 4.14. The van der Waals surface area contributed by atoms with Crippen molar-refractivity contribution in [2.24, 2.45) is 0 Å². The summed E-state index contributed by atoms with van der Waals surface area (Å²) in [5.74, 6) is 0. The predicted molar refractivity (Wildman–Crippen MR) is 58.8 cm³/mol. The van der Waals surface area contributed by atoms with Crippen molar-refractivity contribution in [1.29, 1.82) is 0 Å². The Bertz CT molecular complexity index is 332. The van der Waals surface area contributed by atoms with Gasteiger partial charge in [-0.05, 0) is 17.7 Å². The molecule has 0 radical (unpaired) electrons. The van der Waals surface area contributed by atoms with Gasteiger partial charge in [0.2, 0.25) is 0 Å². The molecule has 1 aliphatic heterocycles. The maximum Gasteiger partial charge on any atom is 0.188 e. The molecule has 3 heteroatoms. The lowest BCUT2D eigenvalue weighted by Crippen LogP contribution is -1.91. The molecule has 2 nitrogen and oxygen atoms in total. The molecule has 2 rings (SSSR count). The molecular formula is C11H11BrO2. The van der Waals surface area contributed by atoms with Crippen LogP contribution in [0.15, 0.2) is 34.8 Å². The highest BCUT2D eigenvalue weighted by Gasteiger charge is 2.36. The molecule has 0 N–H and O–H groups in total. The summed E-state index contributed by atoms with van der Waals surface area (Å²) in [7, 11) is 1.65. The zero-order valence-corrected chi connectivity index (χ0v) is 9.40. The normalized spacial score (nSPS) is 25.6. The fourth-order valence-corrected chi connectivity index (χ4v) is 1.48. The van der Waals surface area contributed by atoms with Crippen molar-refractivity contribution in [3.8, 4) is 0 Å². The van der Waals surface area contributed by atoms with Crippen LogP contribution in [-0.4, -0.2) is 19.5 Å². The lowest BCUT2D eigenvalue weighted by atomic mass is 10.2. The van der Waals surface area contributed by atoms with E-state index in [4.69, 9.17) is 9.47 Å². The molecule has 1 fully saturated rings. The van der Waals surface area contributed by atoms with Gasteiger partial charge in [-0.3, -0.25) is 0 Å². The summed E-state index contributed by atoms with van der Waals surface area (Å²) in [5.41, 5.74) is 1.17. The van der Waals surface area contributed by atoms with Crippen LogP contribution in [0.25, 0.3) is 6.08 Å². The van der Waals surface area contributed by atoms with Crippen LogP contribution in [0.2, 0.25) is 0 Å². The van der Waals surface area contributed by atoms with Crippen LogP contribution < -0.4 is 0 Å². The minimum absolute atomic E-state index is 0.0401. The summed E-state index contributed by atoms with van der Waals surface area (Å²) in [6, 6.07) is 8.12. The van der Waals surface area contributed by atoms with Gasteiger partial charge in [0, 0.05) is 11.6 Å². The second-order valence-corrected chi connectivity index (χ2v) is 4.03. The molecule has 0 bridgehead atoms. The highest BCUT2D eigenvalue weighted by atomic mass is 79.9. The Morgan fingerprint density at radius 2 is 2.07 bits per heavy atom. The number of methoxy groups -OCH3 is 1. The number of rotatable bonds is 3. The smallest absolute Gasteiger partial charge is 0.188 e. The van der Waals surface area contributed by atoms with Gasteiger partial charge in [-0.2, -0.15) is 0 Å². The van der Waals surface area contributed by atoms with Gasteiger partial charge < -0.3 is 9.47 Å². The minimum Gasteiger partial charge on any atom is -0.353 e. The zero-order chi connectivity index (χ0) is 9.97. The van der Waals surface area contributed by atoms with Crippen LogP contribution >= 0.6 is 15.9 Å². The summed E-state index contributed by atoms with van der Waals surface area (Å²) in [5, 5.41) is 0. The SMILES string of the molecule is CO[C@@H]1OC1/C=C/c1ccc(Br)cc1. The van der Waals surface area contributed by atoms with Crippen LogP contribution in [0.5, 0.6) is 0 Å². The highest BCUT2D eigenvalue weighted by Crippen LogP contribution is 2.24. The van der Waals surface area contributed by atoms with Crippen LogP contribution in [0, 0.1) is 0 Å². The molecule has 1 unspecified atom stereocenters. The van der Waals surface area contributed by atoms with Gasteiger partial charge in [0.15, 0.2) is 6.29 Å². The first kappa shape index (κ1) is 9.90. The van der Waals surface area contributed by atoms with Gasteiger partial charge in [-0.15, -0.1) is 0 Å². The molecule has 0 spiro atoms. The maximum atomic E-state index is 5.19. The first-order chi connectivity index (χ1) is 6.79. The van der Waals surface area contributed by atoms with E-state index in [9.17, 15) is 0 Å². The Kier molecular flexibility index (Phi) is 3.01. The summed E-state index contributed by atoms with van der Waals surface area (Å²) < 4.78 is 11.3. The maximum absolute atomic E-state index is 5.19. The van der Waals surface area contributed by atoms with Gasteiger partial charge in [0.1, 0.15) is 6.10 Å². The first-order valence-corrected chi connectivity index (χ1v) is 5.21. The number of ether oxygens (including phenoxy) is 2. The van der Waals surface area contributed by atoms with Crippen LogP contribution in [-0.2, 0) is 9.47 Å². The Balaban J connectivity index is 1.94. The van der Waals surface area contributed by atoms with E-state index in [0.717, 1.165) is 4.47 Å². The van der Waals surface area contributed by atoms with E-state index in [1.54, 1.807) is 7.11 Å². The summed E-state index contributed by atoms with van der Waals surface area (Å²) in [6.45, 7) is 0. The van der Waals surface area contributed by atoms with Gasteiger partial charge in [-0.1, -0.05) is 40.2 Å². The van der Waals surface area contributed by atoms with Crippen molar-refractivity contribution in [1.82, 2.24) is 0 Å². The Morgan fingerprint density at radius 1 is 1.36 bits per heavy atom. The Labute approximate surface area is 91.7 Å². The van der Waals surface area contributed by atoms with E-state index in [2.05, 4.69) is 15.9 Å². The molecule has 0 amide bonds. The lowest BCUT2D eigenvalue weighted by Gasteiger charge is -1.92. The topological polar surface area (TPSA) is 21.8 Å². The number of halogens is 1. The number of hydrogen-bond acceptors (Lipinski definition) is 2. The average molecular weight is 255 g/mol. The molecule has 14 heavy (non-hydrogen) atoms. The van der Waals surface area contributed by atoms with Crippen molar-refractivity contribution in [3.63, 3.8) is 0 Å². The second kappa shape index (κ2) is 4.26. The fraction of sp³-hybridized carbons (Fsp3) is 0.273. The third-order valence-corrected chi connectivity index (χ3v) is 2.59. The van der Waals surface area contributed by atoms with E-state index in [1.165, 1.54) is 5.56 Å². The third kappa shape index (κ3) is 2.44. The Morgan fingerprint density at radius 3 is 2.64 bits per heavy atom. The summed E-state index contributed by atoms with van der Waals surface area (Å²) >= 11 is 3.39. The van der Waals surface area contributed by atoms with E-state index in [-0.39, 0.29) is 12.4 Å². The second-order valence-electron chi connectivity index (χ2n) is 3.12. The average Bonchev–Trinajstić information content (AvgIpc) is 2.96. The number of hydrogen-bond donors (Lipinski definition) is 0. The predicted octanol–water partition coefficient (Wildman–Crippen LogP) is 2.83. The summed E-state index contributed by atoms with van der Waals surface area (Å²) in [4.78, 5) is 0. The van der Waals surface area contributed by atoms with Crippen LogP contribution in [0.4, 0.5) is 0 Å². The number of epoxide rings is 1. The molecule has 1 aromatic carbocycles. The molecule has 1 aromatic rings. The van der Waals surface area contributed by atoms with Crippen molar-refractivity contribution in [3.05, 3.63) is 40.4 Å². The fourth-order valence-electron chi connectivity index (χ4n) is 1.22. The molecule has 2 atom stereocenters. The van der Waals surface area contributed by atoms with Gasteiger partial charge in [0.25, 0.3) is 0 Å². The third-order valence-electron chi connectivity index (χ3n) is 2.06. The van der Waals surface area contributed by atoms with Crippen molar-refractivity contribution < 1.29 is 9.47 Å². The molecule has 0 aliphatic carbocycles. The quantitative estimate of drug-likeness (QED) is 0.774. The van der Waals surface area contributed by atoms with Gasteiger partial charge >= 0.3 is 0 Å². The van der Waals surface area contributed by atoms with E-state index < -0.39 is 0 Å². The molecule has 0 aromatic heterocycles. The van der Waals surface area contributed by atoms with Crippen molar-refractivity contribution in [2.45, 2.75) is 12.4 Å². The first-order valence-electron chi connectivity index (χ1n) is 4.41. The van der Waals surface area contributed by atoms with Crippen LogP contribution in [0.1, 0.15) is 5.56 Å². The minimum atomic E-state index is -0.0401. The molecule has 74 valence electrons. The highest BCUT2D eigenvalue weighted by molar-refractivity contribution is 9.10. The number of benzene rings is 1. The van der Waals surface area contributed by atoms with E-state index >= 15 is 0 Å². The largest absolute Gasteiger partial charge is 0.353 e. The molecular weight excluding hydrogens is 244 g/mol. The monoisotopic (exact) mass is 254 g/mol. The zero-order valence-electron chi connectivity index (χ0n) is 7.81. The van der Waals surface area contributed by atoms with Crippen molar-refractivity contribution >= 4 is 22.0 Å². The molecule has 1 aliphatic rings. The molecule has 1 saturated heterocycles. The molecule has 0 saturated carbocycles. The van der Waals surface area contributed by atoms with Crippen LogP contribution in [0.3, 0.4) is 0 Å². The Hall–Kier alpha value is -0.640.